The Morgan fingerprint density at radius 3 is 2.96 bits per heavy atom. The van der Waals surface area contributed by atoms with Gasteiger partial charge in [-0.25, -0.2) is 15.0 Å². The normalized spacial score (nSPS) is 10.6. The topological polar surface area (TPSA) is 110 Å². The van der Waals surface area contributed by atoms with Gasteiger partial charge in [0.05, 0.1) is 11.9 Å². The van der Waals surface area contributed by atoms with Gasteiger partial charge in [-0.3, -0.25) is 9.20 Å². The summed E-state index contributed by atoms with van der Waals surface area (Å²) in [6.45, 7) is 1.95. The van der Waals surface area contributed by atoms with E-state index in [1.165, 1.54) is 28.4 Å². The number of fused-ring (bicyclic) bond motifs is 1. The second-order valence-corrected chi connectivity index (χ2v) is 5.81. The number of hydrogen-bond acceptors (Lipinski definition) is 7. The molecule has 0 radical (unpaired) electrons. The highest BCUT2D eigenvalue weighted by atomic mass is 32.2. The van der Waals surface area contributed by atoms with Gasteiger partial charge in [-0.05, 0) is 24.6 Å². The highest BCUT2D eigenvalue weighted by Gasteiger charge is 2.07. The van der Waals surface area contributed by atoms with Gasteiger partial charge in [-0.15, -0.1) is 0 Å². The maximum Gasteiger partial charge on any atom is 0.258 e. The standard InChI is InChI=1S/C15H12N6OS/c1-9-2-3-21-12(4-9)19-11(5-13(21)22)8-23-15-18-7-10(6-16)14(17)20-15/h2-5,7H,8H2,1H3,(H2,17,18,20). The van der Waals surface area contributed by atoms with Crippen molar-refractivity contribution < 1.29 is 0 Å². The number of nitrogens with zero attached hydrogens (tertiary/aromatic N) is 5. The molecule has 3 rings (SSSR count). The van der Waals surface area contributed by atoms with Crippen LogP contribution in [0.5, 0.6) is 0 Å². The lowest BCUT2D eigenvalue weighted by Crippen LogP contribution is -2.15. The molecule has 0 aliphatic heterocycles. The SMILES string of the molecule is Cc1ccn2c(=O)cc(CSc3ncc(C#N)c(N)n3)nc2c1. The van der Waals surface area contributed by atoms with E-state index in [0.717, 1.165) is 5.56 Å². The summed E-state index contributed by atoms with van der Waals surface area (Å²) in [6.07, 6.45) is 3.10. The zero-order valence-corrected chi connectivity index (χ0v) is 13.0. The molecule has 3 aromatic heterocycles. The van der Waals surface area contributed by atoms with Gasteiger partial charge in [0.15, 0.2) is 5.16 Å². The number of hydrogen-bond donors (Lipinski definition) is 1. The number of thioether (sulfide) groups is 1. The third-order valence-electron chi connectivity index (χ3n) is 3.14. The minimum Gasteiger partial charge on any atom is -0.382 e. The Labute approximate surface area is 135 Å². The van der Waals surface area contributed by atoms with Gasteiger partial charge in [-0.2, -0.15) is 5.26 Å². The van der Waals surface area contributed by atoms with E-state index in [0.29, 0.717) is 22.3 Å². The summed E-state index contributed by atoms with van der Waals surface area (Å²) in [7, 11) is 0. The molecule has 0 atom stereocenters. The predicted molar refractivity (Wildman–Crippen MR) is 86.9 cm³/mol. The number of nitrogen functional groups attached to an aromatic ring is 1. The number of nitriles is 1. The van der Waals surface area contributed by atoms with Crippen LogP contribution in [0.4, 0.5) is 5.82 Å². The Morgan fingerprint density at radius 1 is 1.39 bits per heavy atom. The van der Waals surface area contributed by atoms with Crippen molar-refractivity contribution in [3.8, 4) is 6.07 Å². The molecule has 0 bridgehead atoms. The third kappa shape index (κ3) is 3.14. The first-order valence-electron chi connectivity index (χ1n) is 6.71. The largest absolute Gasteiger partial charge is 0.382 e. The lowest BCUT2D eigenvalue weighted by Gasteiger charge is -2.05. The van der Waals surface area contributed by atoms with Crippen LogP contribution < -0.4 is 11.3 Å². The highest BCUT2D eigenvalue weighted by Crippen LogP contribution is 2.19. The van der Waals surface area contributed by atoms with Gasteiger partial charge >= 0.3 is 0 Å². The fourth-order valence-electron chi connectivity index (χ4n) is 2.00. The molecule has 0 spiro atoms. The van der Waals surface area contributed by atoms with Gasteiger partial charge in [0.2, 0.25) is 0 Å². The van der Waals surface area contributed by atoms with Crippen molar-refractivity contribution in [2.24, 2.45) is 0 Å². The summed E-state index contributed by atoms with van der Waals surface area (Å²) in [5.41, 5.74) is 8.04. The molecule has 0 aromatic carbocycles. The third-order valence-corrected chi connectivity index (χ3v) is 4.04. The second kappa shape index (κ2) is 6.06. The van der Waals surface area contributed by atoms with Crippen LogP contribution in [0.15, 0.2) is 40.5 Å². The molecule has 0 saturated heterocycles. The quantitative estimate of drug-likeness (QED) is 0.574. The number of aryl methyl sites for hydroxylation is 1. The van der Waals surface area contributed by atoms with Crippen molar-refractivity contribution in [3.63, 3.8) is 0 Å². The van der Waals surface area contributed by atoms with E-state index >= 15 is 0 Å². The molecule has 3 aromatic rings. The minimum atomic E-state index is -0.133. The van der Waals surface area contributed by atoms with E-state index in [4.69, 9.17) is 11.0 Å². The molecule has 3 heterocycles. The van der Waals surface area contributed by atoms with E-state index < -0.39 is 0 Å². The van der Waals surface area contributed by atoms with Gasteiger partial charge < -0.3 is 5.73 Å². The van der Waals surface area contributed by atoms with Crippen LogP contribution >= 0.6 is 11.8 Å². The minimum absolute atomic E-state index is 0.133. The first-order valence-corrected chi connectivity index (χ1v) is 7.70. The molecule has 0 fully saturated rings. The van der Waals surface area contributed by atoms with E-state index in [9.17, 15) is 4.79 Å². The van der Waals surface area contributed by atoms with Crippen LogP contribution in [0.2, 0.25) is 0 Å². The molecule has 0 unspecified atom stereocenters. The van der Waals surface area contributed by atoms with E-state index in [-0.39, 0.29) is 16.9 Å². The first-order chi connectivity index (χ1) is 11.1. The average molecular weight is 324 g/mol. The summed E-state index contributed by atoms with van der Waals surface area (Å²) in [5, 5.41) is 9.24. The number of rotatable bonds is 3. The molecule has 8 heteroatoms. The van der Waals surface area contributed by atoms with Gasteiger partial charge in [0.25, 0.3) is 5.56 Å². The fraction of sp³-hybridized carbons (Fsp3) is 0.133. The Kier molecular flexibility index (Phi) is 3.95. The van der Waals surface area contributed by atoms with Crippen LogP contribution in [-0.2, 0) is 5.75 Å². The highest BCUT2D eigenvalue weighted by molar-refractivity contribution is 7.98. The van der Waals surface area contributed by atoms with Gasteiger partial charge in [0.1, 0.15) is 23.1 Å². The van der Waals surface area contributed by atoms with Gasteiger partial charge in [0, 0.05) is 18.0 Å². The zero-order chi connectivity index (χ0) is 16.4. The average Bonchev–Trinajstić information content (AvgIpc) is 2.52. The molecule has 23 heavy (non-hydrogen) atoms. The zero-order valence-electron chi connectivity index (χ0n) is 12.2. The lowest BCUT2D eigenvalue weighted by atomic mass is 10.3. The lowest BCUT2D eigenvalue weighted by molar-refractivity contribution is 0.963. The Bertz CT molecular complexity index is 991. The molecular formula is C15H12N6OS. The molecule has 0 aliphatic carbocycles. The van der Waals surface area contributed by atoms with Gasteiger partial charge in [-0.1, -0.05) is 11.8 Å². The van der Waals surface area contributed by atoms with Crippen LogP contribution in [0.25, 0.3) is 5.65 Å². The molecular weight excluding hydrogens is 312 g/mol. The van der Waals surface area contributed by atoms with Crippen molar-refractivity contribution in [1.82, 2.24) is 19.4 Å². The molecule has 0 aliphatic rings. The summed E-state index contributed by atoms with van der Waals surface area (Å²) in [5.74, 6) is 0.581. The van der Waals surface area contributed by atoms with Crippen molar-refractivity contribution in [2.75, 3.05) is 5.73 Å². The van der Waals surface area contributed by atoms with Crippen LogP contribution in [0.3, 0.4) is 0 Å². The second-order valence-electron chi connectivity index (χ2n) is 4.87. The molecule has 0 saturated carbocycles. The van der Waals surface area contributed by atoms with Crippen LogP contribution in [0.1, 0.15) is 16.8 Å². The Hall–Kier alpha value is -2.92. The number of pyridine rings is 1. The summed E-state index contributed by atoms with van der Waals surface area (Å²) in [4.78, 5) is 24.7. The maximum absolute atomic E-state index is 12.1. The number of anilines is 1. The van der Waals surface area contributed by atoms with Crippen LogP contribution in [0, 0.1) is 18.3 Å². The molecule has 2 N–H and O–H groups in total. The van der Waals surface area contributed by atoms with E-state index in [1.807, 2.05) is 25.1 Å². The molecule has 114 valence electrons. The summed E-state index contributed by atoms with van der Waals surface area (Å²) >= 11 is 1.31. The van der Waals surface area contributed by atoms with Crippen molar-refractivity contribution in [2.45, 2.75) is 17.8 Å². The van der Waals surface area contributed by atoms with Crippen LogP contribution in [-0.4, -0.2) is 19.4 Å². The van der Waals surface area contributed by atoms with Crippen molar-refractivity contribution >= 4 is 23.2 Å². The smallest absolute Gasteiger partial charge is 0.258 e. The summed E-state index contributed by atoms with van der Waals surface area (Å²) < 4.78 is 1.50. The maximum atomic E-state index is 12.1. The predicted octanol–water partition coefficient (Wildman–Crippen LogP) is 1.54. The monoisotopic (exact) mass is 324 g/mol. The Morgan fingerprint density at radius 2 is 2.22 bits per heavy atom. The number of aromatic nitrogens is 4. The number of nitrogens with two attached hydrogens (primary N) is 1. The van der Waals surface area contributed by atoms with E-state index in [1.54, 1.807) is 6.20 Å². The van der Waals surface area contributed by atoms with Crippen molar-refractivity contribution in [3.05, 3.63) is 57.8 Å². The fourth-order valence-corrected chi connectivity index (χ4v) is 2.71. The molecule has 7 nitrogen and oxygen atoms in total. The Balaban J connectivity index is 1.86. The van der Waals surface area contributed by atoms with E-state index in [2.05, 4.69) is 15.0 Å². The summed E-state index contributed by atoms with van der Waals surface area (Å²) in [6, 6.07) is 7.11. The first kappa shape index (κ1) is 15.0. The van der Waals surface area contributed by atoms with Crippen molar-refractivity contribution in [1.29, 1.82) is 5.26 Å². The molecule has 0 amide bonds.